The van der Waals surface area contributed by atoms with Crippen LogP contribution in [0.4, 0.5) is 0 Å². The van der Waals surface area contributed by atoms with E-state index >= 15 is 0 Å². The van der Waals surface area contributed by atoms with Crippen LogP contribution in [0.25, 0.3) is 0 Å². The molecular formula is C15H29NO3. The predicted molar refractivity (Wildman–Crippen MR) is 76.1 cm³/mol. The molecule has 1 N–H and O–H groups in total. The van der Waals surface area contributed by atoms with Gasteiger partial charge in [0.15, 0.2) is 0 Å². The molecule has 112 valence electrons. The molecule has 0 spiro atoms. The Bertz CT molecular complexity index is 304. The van der Waals surface area contributed by atoms with Gasteiger partial charge in [-0.2, -0.15) is 0 Å². The molecule has 0 aromatic heterocycles. The summed E-state index contributed by atoms with van der Waals surface area (Å²) in [4.78, 5) is 12.1. The Morgan fingerprint density at radius 3 is 2.68 bits per heavy atom. The molecule has 1 rings (SSSR count). The molecule has 19 heavy (non-hydrogen) atoms. The molecule has 1 aliphatic rings. The number of likely N-dealkylation sites (N-methyl/N-ethyl adjacent to an activating group) is 1. The van der Waals surface area contributed by atoms with Gasteiger partial charge in [-0.25, -0.2) is 0 Å². The summed E-state index contributed by atoms with van der Waals surface area (Å²) in [6.07, 6.45) is 4.88. The fraction of sp³-hybridized carbons (Fsp3) is 0.933. The van der Waals surface area contributed by atoms with Gasteiger partial charge >= 0.3 is 5.97 Å². The van der Waals surface area contributed by atoms with Gasteiger partial charge in [-0.05, 0) is 52.5 Å². The molecular weight excluding hydrogens is 242 g/mol. The highest BCUT2D eigenvalue weighted by molar-refractivity contribution is 5.81. The lowest BCUT2D eigenvalue weighted by Gasteiger charge is -2.33. The zero-order valence-electron chi connectivity index (χ0n) is 13.0. The van der Waals surface area contributed by atoms with Gasteiger partial charge in [0.05, 0.1) is 12.7 Å². The zero-order valence-corrected chi connectivity index (χ0v) is 13.0. The van der Waals surface area contributed by atoms with Gasteiger partial charge in [0.2, 0.25) is 0 Å². The average Bonchev–Trinajstić information content (AvgIpc) is 2.82. The summed E-state index contributed by atoms with van der Waals surface area (Å²) in [5.41, 5.74) is -0.583. The second-order valence-electron chi connectivity index (χ2n) is 6.05. The van der Waals surface area contributed by atoms with E-state index in [4.69, 9.17) is 9.47 Å². The van der Waals surface area contributed by atoms with Crippen LogP contribution in [0.15, 0.2) is 0 Å². The second-order valence-corrected chi connectivity index (χ2v) is 6.05. The normalized spacial score (nSPS) is 27.5. The van der Waals surface area contributed by atoms with Crippen LogP contribution < -0.4 is 5.32 Å². The highest BCUT2D eigenvalue weighted by atomic mass is 16.5. The molecule has 1 saturated carbocycles. The minimum Gasteiger partial charge on any atom is -0.468 e. The Labute approximate surface area is 117 Å². The maximum Gasteiger partial charge on any atom is 0.326 e. The van der Waals surface area contributed by atoms with E-state index in [1.807, 2.05) is 7.05 Å². The second kappa shape index (κ2) is 6.71. The van der Waals surface area contributed by atoms with Gasteiger partial charge in [-0.3, -0.25) is 4.79 Å². The van der Waals surface area contributed by atoms with Crippen LogP contribution in [0.3, 0.4) is 0 Å². The summed E-state index contributed by atoms with van der Waals surface area (Å²) in [5.74, 6) is 0.171. The first-order valence-electron chi connectivity index (χ1n) is 7.33. The quantitative estimate of drug-likeness (QED) is 0.723. The molecule has 0 aliphatic heterocycles. The van der Waals surface area contributed by atoms with Crippen molar-refractivity contribution in [2.24, 2.45) is 5.92 Å². The number of hydrogen-bond donors (Lipinski definition) is 1. The molecule has 0 aromatic carbocycles. The van der Waals surface area contributed by atoms with Crippen molar-refractivity contribution >= 4 is 5.97 Å². The lowest BCUT2D eigenvalue weighted by molar-refractivity contribution is -0.150. The number of nitrogens with one attached hydrogen (secondary N) is 1. The van der Waals surface area contributed by atoms with Crippen molar-refractivity contribution < 1.29 is 14.3 Å². The maximum atomic E-state index is 12.1. The topological polar surface area (TPSA) is 47.6 Å². The van der Waals surface area contributed by atoms with Crippen LogP contribution in [-0.4, -0.2) is 37.9 Å². The van der Waals surface area contributed by atoms with Gasteiger partial charge < -0.3 is 14.8 Å². The molecule has 2 atom stereocenters. The summed E-state index contributed by atoms with van der Waals surface area (Å²) in [7, 11) is 3.32. The van der Waals surface area contributed by atoms with Crippen molar-refractivity contribution in [3.05, 3.63) is 0 Å². The number of hydrogen-bond acceptors (Lipinski definition) is 4. The smallest absolute Gasteiger partial charge is 0.326 e. The SMILES string of the molecule is CCC(C)(C)OCCC1CCCC1(NC)C(=O)OC. The zero-order chi connectivity index (χ0) is 14.5. The Morgan fingerprint density at radius 1 is 1.47 bits per heavy atom. The molecule has 4 heteroatoms. The van der Waals surface area contributed by atoms with Crippen molar-refractivity contribution in [2.75, 3.05) is 20.8 Å². The lowest BCUT2D eigenvalue weighted by Crippen LogP contribution is -2.54. The van der Waals surface area contributed by atoms with Crippen molar-refractivity contribution in [2.45, 2.75) is 64.0 Å². The third-order valence-corrected chi connectivity index (χ3v) is 4.63. The highest BCUT2D eigenvalue weighted by Crippen LogP contribution is 2.38. The average molecular weight is 271 g/mol. The van der Waals surface area contributed by atoms with Crippen LogP contribution in [0, 0.1) is 5.92 Å². The third kappa shape index (κ3) is 3.69. The van der Waals surface area contributed by atoms with E-state index in [2.05, 4.69) is 26.1 Å². The highest BCUT2D eigenvalue weighted by Gasteiger charge is 2.48. The lowest BCUT2D eigenvalue weighted by atomic mass is 9.85. The van der Waals surface area contributed by atoms with E-state index in [9.17, 15) is 4.79 Å². The summed E-state index contributed by atoms with van der Waals surface area (Å²) in [6, 6.07) is 0. The van der Waals surface area contributed by atoms with Gasteiger partial charge in [0, 0.05) is 6.61 Å². The first kappa shape index (κ1) is 16.4. The van der Waals surface area contributed by atoms with Crippen molar-refractivity contribution in [3.8, 4) is 0 Å². The molecule has 4 nitrogen and oxygen atoms in total. The molecule has 0 heterocycles. The largest absolute Gasteiger partial charge is 0.468 e. The predicted octanol–water partition coefficient (Wildman–Crippen LogP) is 2.51. The molecule has 0 bridgehead atoms. The maximum absolute atomic E-state index is 12.1. The van der Waals surface area contributed by atoms with Crippen LogP contribution in [-0.2, 0) is 14.3 Å². The van der Waals surface area contributed by atoms with Crippen LogP contribution in [0.5, 0.6) is 0 Å². The van der Waals surface area contributed by atoms with E-state index in [-0.39, 0.29) is 11.6 Å². The Morgan fingerprint density at radius 2 is 2.16 bits per heavy atom. The standard InChI is InChI=1S/C15H29NO3/c1-6-14(2,3)19-11-9-12-8-7-10-15(12,16-4)13(17)18-5/h12,16H,6-11H2,1-5H3. The molecule has 0 saturated heterocycles. The van der Waals surface area contributed by atoms with Gasteiger partial charge in [0.25, 0.3) is 0 Å². The minimum atomic E-state index is -0.505. The number of esters is 1. The number of rotatable bonds is 7. The number of carbonyl (C=O) groups excluding carboxylic acids is 1. The summed E-state index contributed by atoms with van der Waals surface area (Å²) in [6.45, 7) is 7.04. The van der Waals surface area contributed by atoms with Crippen molar-refractivity contribution in [1.29, 1.82) is 0 Å². The summed E-state index contributed by atoms with van der Waals surface area (Å²) in [5, 5.41) is 3.21. The van der Waals surface area contributed by atoms with E-state index in [1.54, 1.807) is 0 Å². The van der Waals surface area contributed by atoms with Crippen LogP contribution >= 0.6 is 0 Å². The van der Waals surface area contributed by atoms with Gasteiger partial charge in [-0.1, -0.05) is 13.3 Å². The molecule has 1 aliphatic carbocycles. The first-order chi connectivity index (χ1) is 8.91. The van der Waals surface area contributed by atoms with Crippen molar-refractivity contribution in [3.63, 3.8) is 0 Å². The third-order valence-electron chi connectivity index (χ3n) is 4.63. The van der Waals surface area contributed by atoms with E-state index in [0.717, 1.165) is 32.1 Å². The monoisotopic (exact) mass is 271 g/mol. The summed E-state index contributed by atoms with van der Waals surface area (Å²) < 4.78 is 10.9. The minimum absolute atomic E-state index is 0.0772. The van der Waals surface area contributed by atoms with Crippen molar-refractivity contribution in [1.82, 2.24) is 5.32 Å². The first-order valence-corrected chi connectivity index (χ1v) is 7.33. The molecule has 0 aromatic rings. The van der Waals surface area contributed by atoms with E-state index in [0.29, 0.717) is 12.5 Å². The number of methoxy groups -OCH3 is 1. The van der Waals surface area contributed by atoms with E-state index < -0.39 is 5.54 Å². The Balaban J connectivity index is 2.59. The molecule has 1 fully saturated rings. The van der Waals surface area contributed by atoms with Crippen LogP contribution in [0.2, 0.25) is 0 Å². The fourth-order valence-electron chi connectivity index (χ4n) is 2.93. The Hall–Kier alpha value is -0.610. The number of carbonyl (C=O) groups is 1. The van der Waals surface area contributed by atoms with Gasteiger partial charge in [0.1, 0.15) is 5.54 Å². The summed E-state index contributed by atoms with van der Waals surface area (Å²) >= 11 is 0. The molecule has 0 radical (unpaired) electrons. The Kier molecular flexibility index (Phi) is 5.81. The van der Waals surface area contributed by atoms with E-state index in [1.165, 1.54) is 7.11 Å². The van der Waals surface area contributed by atoms with Gasteiger partial charge in [-0.15, -0.1) is 0 Å². The fourth-order valence-corrected chi connectivity index (χ4v) is 2.93. The molecule has 2 unspecified atom stereocenters. The number of ether oxygens (including phenoxy) is 2. The molecule has 0 amide bonds. The van der Waals surface area contributed by atoms with Crippen LogP contribution in [0.1, 0.15) is 52.9 Å².